The van der Waals surface area contributed by atoms with E-state index in [1.807, 2.05) is 0 Å². The van der Waals surface area contributed by atoms with Crippen LogP contribution in [0.3, 0.4) is 0 Å². The predicted molar refractivity (Wildman–Crippen MR) is 37.0 cm³/mol. The van der Waals surface area contributed by atoms with E-state index in [0.717, 1.165) is 0 Å². The highest BCUT2D eigenvalue weighted by Gasteiger charge is 2.05. The van der Waals surface area contributed by atoms with Gasteiger partial charge >= 0.3 is 0 Å². The van der Waals surface area contributed by atoms with Crippen LogP contribution in [0.2, 0.25) is 0 Å². The lowest BCUT2D eigenvalue weighted by molar-refractivity contribution is -0.159. The molecule has 7 nitrogen and oxygen atoms in total. The molecule has 0 aliphatic rings. The van der Waals surface area contributed by atoms with E-state index in [-0.39, 0.29) is 12.3 Å². The second kappa shape index (κ2) is 3.77. The largest absolute Gasteiger partial charge is 0.286 e. The zero-order chi connectivity index (χ0) is 8.97. The number of amides is 1. The molecule has 0 saturated carbocycles. The molecule has 1 N–H and O–H groups in total. The zero-order valence-electron chi connectivity index (χ0n) is 6.58. The molecule has 0 fully saturated rings. The molecule has 0 atom stereocenters. The second-order valence-electron chi connectivity index (χ2n) is 2.24. The second-order valence-corrected chi connectivity index (χ2v) is 2.24. The third-order valence-corrected chi connectivity index (χ3v) is 1.31. The van der Waals surface area contributed by atoms with Crippen molar-refractivity contribution in [2.75, 3.05) is 7.05 Å². The first-order valence-electron chi connectivity index (χ1n) is 3.36. The molecule has 7 heteroatoms. The molecule has 0 saturated heterocycles. The fourth-order valence-corrected chi connectivity index (χ4v) is 0.655. The van der Waals surface area contributed by atoms with E-state index in [1.165, 1.54) is 18.1 Å². The highest BCUT2D eigenvalue weighted by atomic mass is 16.5. The molecule has 1 heterocycles. The monoisotopic (exact) mass is 171 g/mol. The Morgan fingerprint density at radius 2 is 2.50 bits per heavy atom. The fraction of sp³-hybridized carbons (Fsp3) is 0.600. The summed E-state index contributed by atoms with van der Waals surface area (Å²) in [4.78, 5) is 10.8. The number of aromatic nitrogens is 4. The Morgan fingerprint density at radius 1 is 1.75 bits per heavy atom. The molecular weight excluding hydrogens is 162 g/mol. The fourth-order valence-electron chi connectivity index (χ4n) is 0.655. The summed E-state index contributed by atoms with van der Waals surface area (Å²) >= 11 is 0. The summed E-state index contributed by atoms with van der Waals surface area (Å²) in [5.41, 5.74) is 0. The van der Waals surface area contributed by atoms with Crippen LogP contribution in [-0.4, -0.2) is 43.4 Å². The minimum Gasteiger partial charge on any atom is -0.286 e. The molecule has 0 aliphatic carbocycles. The Labute approximate surface area is 68.5 Å². The standard InChI is InChI=1S/C5H9N5O2/c1-9(12)5(11)2-3-10-4-6-7-8-10/h4,12H,2-3H2,1H3. The third kappa shape index (κ3) is 2.27. The lowest BCUT2D eigenvalue weighted by atomic mass is 10.4. The van der Waals surface area contributed by atoms with Crippen molar-refractivity contribution in [1.82, 2.24) is 25.3 Å². The Kier molecular flexibility index (Phi) is 2.70. The first-order chi connectivity index (χ1) is 5.70. The van der Waals surface area contributed by atoms with E-state index in [9.17, 15) is 4.79 Å². The number of rotatable bonds is 3. The van der Waals surface area contributed by atoms with Crippen LogP contribution in [0.1, 0.15) is 6.42 Å². The number of hydrogen-bond donors (Lipinski definition) is 1. The maximum absolute atomic E-state index is 10.8. The maximum Gasteiger partial charge on any atom is 0.247 e. The number of carbonyl (C=O) groups is 1. The maximum atomic E-state index is 10.8. The van der Waals surface area contributed by atoms with Gasteiger partial charge in [0.25, 0.3) is 0 Å². The van der Waals surface area contributed by atoms with Crippen LogP contribution < -0.4 is 0 Å². The average molecular weight is 171 g/mol. The first kappa shape index (κ1) is 8.60. The van der Waals surface area contributed by atoms with Crippen LogP contribution >= 0.6 is 0 Å². The molecule has 0 unspecified atom stereocenters. The van der Waals surface area contributed by atoms with Crippen molar-refractivity contribution in [3.8, 4) is 0 Å². The topological polar surface area (TPSA) is 84.1 Å². The van der Waals surface area contributed by atoms with Crippen molar-refractivity contribution in [2.24, 2.45) is 0 Å². The van der Waals surface area contributed by atoms with Gasteiger partial charge in [-0.3, -0.25) is 10.0 Å². The van der Waals surface area contributed by atoms with Gasteiger partial charge in [0.15, 0.2) is 0 Å². The average Bonchev–Trinajstić information content (AvgIpc) is 2.51. The van der Waals surface area contributed by atoms with Crippen molar-refractivity contribution in [1.29, 1.82) is 0 Å². The quantitative estimate of drug-likeness (QED) is 0.461. The van der Waals surface area contributed by atoms with Gasteiger partial charge in [0, 0.05) is 13.5 Å². The lowest BCUT2D eigenvalue weighted by Gasteiger charge is -2.06. The van der Waals surface area contributed by atoms with Gasteiger partial charge in [-0.05, 0) is 10.4 Å². The molecule has 0 aromatic carbocycles. The van der Waals surface area contributed by atoms with Crippen molar-refractivity contribution < 1.29 is 10.0 Å². The Hall–Kier alpha value is -1.50. The summed E-state index contributed by atoms with van der Waals surface area (Å²) in [6.45, 7) is 0.372. The van der Waals surface area contributed by atoms with Crippen molar-refractivity contribution in [2.45, 2.75) is 13.0 Å². The molecule has 1 aromatic rings. The highest BCUT2D eigenvalue weighted by molar-refractivity contribution is 5.74. The van der Waals surface area contributed by atoms with E-state index < -0.39 is 0 Å². The van der Waals surface area contributed by atoms with E-state index >= 15 is 0 Å². The summed E-state index contributed by atoms with van der Waals surface area (Å²) in [5, 5.41) is 19.5. The molecule has 0 bridgehead atoms. The summed E-state index contributed by atoms with van der Waals surface area (Å²) in [7, 11) is 1.28. The van der Waals surface area contributed by atoms with Crippen molar-refractivity contribution in [3.63, 3.8) is 0 Å². The molecule has 1 aromatic heterocycles. The minimum absolute atomic E-state index is 0.179. The highest BCUT2D eigenvalue weighted by Crippen LogP contribution is 1.89. The number of carbonyl (C=O) groups excluding carboxylic acids is 1. The number of hydrogen-bond acceptors (Lipinski definition) is 5. The van der Waals surface area contributed by atoms with Crippen LogP contribution in [0.15, 0.2) is 6.33 Å². The van der Waals surface area contributed by atoms with Crippen molar-refractivity contribution >= 4 is 5.91 Å². The van der Waals surface area contributed by atoms with E-state index in [2.05, 4.69) is 15.5 Å². The van der Waals surface area contributed by atoms with E-state index in [4.69, 9.17) is 5.21 Å². The molecular formula is C5H9N5O2. The van der Waals surface area contributed by atoms with Crippen LogP contribution in [0.4, 0.5) is 0 Å². The Morgan fingerprint density at radius 3 is 3.00 bits per heavy atom. The van der Waals surface area contributed by atoms with Crippen LogP contribution in [-0.2, 0) is 11.3 Å². The Balaban J connectivity index is 2.32. The number of tetrazole rings is 1. The van der Waals surface area contributed by atoms with Gasteiger partial charge in [0.1, 0.15) is 6.33 Å². The number of nitrogens with zero attached hydrogens (tertiary/aromatic N) is 5. The molecule has 0 aliphatic heterocycles. The molecule has 66 valence electrons. The normalized spacial score (nSPS) is 9.83. The van der Waals surface area contributed by atoms with E-state index in [1.54, 1.807) is 0 Å². The number of hydroxylamine groups is 2. The molecule has 12 heavy (non-hydrogen) atoms. The van der Waals surface area contributed by atoms with Gasteiger partial charge in [0.05, 0.1) is 6.54 Å². The van der Waals surface area contributed by atoms with Gasteiger partial charge < -0.3 is 0 Å². The van der Waals surface area contributed by atoms with Crippen LogP contribution in [0.5, 0.6) is 0 Å². The lowest BCUT2D eigenvalue weighted by Crippen LogP contribution is -2.23. The van der Waals surface area contributed by atoms with Gasteiger partial charge in [-0.1, -0.05) is 0 Å². The summed E-state index contributed by atoms with van der Waals surface area (Å²) in [6.07, 6.45) is 1.59. The molecule has 1 amide bonds. The SMILES string of the molecule is CN(O)C(=O)CCn1cnnn1. The summed E-state index contributed by atoms with van der Waals surface area (Å²) < 4.78 is 1.42. The van der Waals surface area contributed by atoms with Gasteiger partial charge in [-0.2, -0.15) is 0 Å². The van der Waals surface area contributed by atoms with Gasteiger partial charge in [-0.15, -0.1) is 5.10 Å². The van der Waals surface area contributed by atoms with Gasteiger partial charge in [-0.25, -0.2) is 9.75 Å². The molecule has 0 spiro atoms. The van der Waals surface area contributed by atoms with Gasteiger partial charge in [0.2, 0.25) is 5.91 Å². The molecule has 1 rings (SSSR count). The summed E-state index contributed by atoms with van der Waals surface area (Å²) in [6, 6.07) is 0. The Bertz CT molecular complexity index is 244. The first-order valence-corrected chi connectivity index (χ1v) is 3.36. The smallest absolute Gasteiger partial charge is 0.247 e. The minimum atomic E-state index is -0.370. The third-order valence-electron chi connectivity index (χ3n) is 1.31. The summed E-state index contributed by atoms with van der Waals surface area (Å²) in [5.74, 6) is -0.370. The van der Waals surface area contributed by atoms with E-state index in [0.29, 0.717) is 11.6 Å². The molecule has 0 radical (unpaired) electrons. The van der Waals surface area contributed by atoms with Crippen LogP contribution in [0.25, 0.3) is 0 Å². The van der Waals surface area contributed by atoms with Crippen molar-refractivity contribution in [3.05, 3.63) is 6.33 Å². The zero-order valence-corrected chi connectivity index (χ0v) is 6.58. The predicted octanol–water partition coefficient (Wildman–Crippen LogP) is -1.09. The van der Waals surface area contributed by atoms with Crippen LogP contribution in [0, 0.1) is 0 Å². The number of aryl methyl sites for hydroxylation is 1.